The van der Waals surface area contributed by atoms with Crippen LogP contribution in [0.5, 0.6) is 0 Å². The molecule has 0 saturated carbocycles. The molecule has 1 saturated heterocycles. The Morgan fingerprint density at radius 1 is 1.40 bits per heavy atom. The highest BCUT2D eigenvalue weighted by molar-refractivity contribution is 5.80. The zero-order chi connectivity index (χ0) is 18.3. The normalized spacial score (nSPS) is 16.8. The van der Waals surface area contributed by atoms with Gasteiger partial charge in [-0.2, -0.15) is 13.2 Å². The molecule has 0 spiro atoms. The van der Waals surface area contributed by atoms with Gasteiger partial charge in [0.15, 0.2) is 5.96 Å². The summed E-state index contributed by atoms with van der Waals surface area (Å²) < 4.78 is 37.8. The number of piperidine rings is 1. The van der Waals surface area contributed by atoms with Gasteiger partial charge in [-0.05, 0) is 25.8 Å². The van der Waals surface area contributed by atoms with Gasteiger partial charge >= 0.3 is 6.18 Å². The van der Waals surface area contributed by atoms with E-state index in [-0.39, 0.29) is 12.1 Å². The van der Waals surface area contributed by atoms with Crippen molar-refractivity contribution in [2.75, 3.05) is 38.0 Å². The molecule has 0 aromatic carbocycles. The summed E-state index contributed by atoms with van der Waals surface area (Å²) in [5.41, 5.74) is -0.978. The van der Waals surface area contributed by atoms with Crippen molar-refractivity contribution in [2.24, 2.45) is 4.99 Å². The molecule has 2 rings (SSSR count). The number of aliphatic imine (C=N–C) groups is 1. The maximum atomic E-state index is 12.6. The van der Waals surface area contributed by atoms with E-state index in [1.54, 1.807) is 0 Å². The van der Waals surface area contributed by atoms with Gasteiger partial charge < -0.3 is 20.6 Å². The number of aromatic nitrogens is 2. The summed E-state index contributed by atoms with van der Waals surface area (Å²) >= 11 is 0. The molecule has 7 nitrogen and oxygen atoms in total. The minimum atomic E-state index is -4.49. The van der Waals surface area contributed by atoms with Crippen LogP contribution in [0.15, 0.2) is 17.3 Å². The number of likely N-dealkylation sites (tertiary alicyclic amines) is 1. The fraction of sp³-hybridized carbons (Fsp3) is 0.667. The average molecular weight is 360 g/mol. The Morgan fingerprint density at radius 2 is 2.12 bits per heavy atom. The minimum absolute atomic E-state index is 0.0730. The molecule has 10 heteroatoms. The number of rotatable bonds is 5. The first kappa shape index (κ1) is 19.2. The van der Waals surface area contributed by atoms with Crippen molar-refractivity contribution in [2.45, 2.75) is 32.0 Å². The van der Waals surface area contributed by atoms with Crippen molar-refractivity contribution in [3.05, 3.63) is 18.0 Å². The molecular formula is C15H23F3N6O. The van der Waals surface area contributed by atoms with E-state index in [1.165, 1.54) is 0 Å². The Hall–Kier alpha value is -2.10. The van der Waals surface area contributed by atoms with Crippen molar-refractivity contribution < 1.29 is 18.3 Å². The van der Waals surface area contributed by atoms with E-state index >= 15 is 0 Å². The third-order valence-corrected chi connectivity index (χ3v) is 3.70. The van der Waals surface area contributed by atoms with Crippen molar-refractivity contribution >= 4 is 11.9 Å². The molecule has 1 aliphatic rings. The summed E-state index contributed by atoms with van der Waals surface area (Å²) in [7, 11) is 0. The molecule has 2 heterocycles. The van der Waals surface area contributed by atoms with Crippen LogP contribution in [0.25, 0.3) is 0 Å². The summed E-state index contributed by atoms with van der Waals surface area (Å²) in [6.45, 7) is 4.78. The number of hydrogen-bond acceptors (Lipinski definition) is 5. The van der Waals surface area contributed by atoms with Crippen molar-refractivity contribution in [3.63, 3.8) is 0 Å². The SMILES string of the molecule is CCNC(=NCCNc1nccc(C(F)(F)F)n1)N1CCC(O)CC1. The number of alkyl halides is 3. The highest BCUT2D eigenvalue weighted by Crippen LogP contribution is 2.27. The van der Waals surface area contributed by atoms with Crippen LogP contribution >= 0.6 is 0 Å². The van der Waals surface area contributed by atoms with Gasteiger partial charge in [-0.25, -0.2) is 9.97 Å². The van der Waals surface area contributed by atoms with Crippen LogP contribution in [0.2, 0.25) is 0 Å². The molecule has 0 amide bonds. The molecule has 1 fully saturated rings. The lowest BCUT2D eigenvalue weighted by atomic mass is 10.1. The van der Waals surface area contributed by atoms with Gasteiger partial charge in [0.25, 0.3) is 0 Å². The van der Waals surface area contributed by atoms with E-state index in [1.807, 2.05) is 6.92 Å². The van der Waals surface area contributed by atoms with Crippen molar-refractivity contribution in [3.8, 4) is 0 Å². The van der Waals surface area contributed by atoms with E-state index in [9.17, 15) is 18.3 Å². The van der Waals surface area contributed by atoms with Gasteiger partial charge in [-0.15, -0.1) is 0 Å². The first-order valence-corrected chi connectivity index (χ1v) is 8.25. The van der Waals surface area contributed by atoms with Crippen molar-refractivity contribution in [1.82, 2.24) is 20.2 Å². The van der Waals surface area contributed by atoms with Crippen LogP contribution < -0.4 is 10.6 Å². The lowest BCUT2D eigenvalue weighted by molar-refractivity contribution is -0.141. The molecule has 1 aromatic heterocycles. The maximum absolute atomic E-state index is 12.6. The molecule has 1 aromatic rings. The highest BCUT2D eigenvalue weighted by Gasteiger charge is 2.32. The van der Waals surface area contributed by atoms with Crippen molar-refractivity contribution in [1.29, 1.82) is 0 Å². The Bertz CT molecular complexity index is 573. The van der Waals surface area contributed by atoms with Gasteiger partial charge in [0.1, 0.15) is 5.69 Å². The topological polar surface area (TPSA) is 85.7 Å². The van der Waals surface area contributed by atoms with Crippen LogP contribution in [0.1, 0.15) is 25.5 Å². The number of nitrogens with one attached hydrogen (secondary N) is 2. The van der Waals surface area contributed by atoms with Crippen LogP contribution in [0.4, 0.5) is 19.1 Å². The van der Waals surface area contributed by atoms with E-state index in [0.29, 0.717) is 32.5 Å². The first-order valence-electron chi connectivity index (χ1n) is 8.25. The third kappa shape index (κ3) is 6.04. The number of guanidine groups is 1. The Morgan fingerprint density at radius 3 is 2.76 bits per heavy atom. The average Bonchev–Trinajstić information content (AvgIpc) is 2.58. The summed E-state index contributed by atoms with van der Waals surface area (Å²) in [6, 6.07) is 0.831. The number of hydrogen-bond donors (Lipinski definition) is 3. The Balaban J connectivity index is 1.87. The summed E-state index contributed by atoms with van der Waals surface area (Å²) in [4.78, 5) is 13.7. The number of aliphatic hydroxyl groups is 1. The predicted molar refractivity (Wildman–Crippen MR) is 88.3 cm³/mol. The largest absolute Gasteiger partial charge is 0.433 e. The van der Waals surface area contributed by atoms with Crippen LogP contribution in [0.3, 0.4) is 0 Å². The maximum Gasteiger partial charge on any atom is 0.433 e. The zero-order valence-electron chi connectivity index (χ0n) is 14.1. The lowest BCUT2D eigenvalue weighted by Crippen LogP contribution is -2.46. The fourth-order valence-corrected chi connectivity index (χ4v) is 2.43. The molecular weight excluding hydrogens is 337 g/mol. The predicted octanol–water partition coefficient (Wildman–Crippen LogP) is 1.33. The van der Waals surface area contributed by atoms with E-state index < -0.39 is 11.9 Å². The Kier molecular flexibility index (Phi) is 6.80. The van der Waals surface area contributed by atoms with E-state index in [2.05, 4.69) is 30.5 Å². The monoisotopic (exact) mass is 360 g/mol. The molecule has 3 N–H and O–H groups in total. The number of halogens is 3. The smallest absolute Gasteiger partial charge is 0.393 e. The second kappa shape index (κ2) is 8.84. The Labute approximate surface area is 144 Å². The molecule has 0 atom stereocenters. The quantitative estimate of drug-likeness (QED) is 0.417. The molecule has 0 bridgehead atoms. The van der Waals surface area contributed by atoms with Gasteiger partial charge in [0.05, 0.1) is 12.6 Å². The van der Waals surface area contributed by atoms with Gasteiger partial charge in [0, 0.05) is 32.4 Å². The molecule has 0 aliphatic carbocycles. The van der Waals surface area contributed by atoms with Crippen LogP contribution in [0, 0.1) is 0 Å². The number of anilines is 1. The van der Waals surface area contributed by atoms with Crippen LogP contribution in [-0.2, 0) is 6.18 Å². The number of nitrogens with zero attached hydrogens (tertiary/aromatic N) is 4. The van der Waals surface area contributed by atoms with Crippen LogP contribution in [-0.4, -0.2) is 64.8 Å². The lowest BCUT2D eigenvalue weighted by Gasteiger charge is -2.32. The summed E-state index contributed by atoms with van der Waals surface area (Å²) in [5, 5.41) is 15.5. The fourth-order valence-electron chi connectivity index (χ4n) is 2.43. The third-order valence-electron chi connectivity index (χ3n) is 3.70. The summed E-state index contributed by atoms with van der Waals surface area (Å²) in [6.07, 6.45) is -2.29. The zero-order valence-corrected chi connectivity index (χ0v) is 14.1. The molecule has 1 aliphatic heterocycles. The molecule has 25 heavy (non-hydrogen) atoms. The second-order valence-corrected chi connectivity index (χ2v) is 5.64. The van der Waals surface area contributed by atoms with Gasteiger partial charge in [-0.3, -0.25) is 4.99 Å². The molecule has 140 valence electrons. The molecule has 0 radical (unpaired) electrons. The van der Waals surface area contributed by atoms with Gasteiger partial charge in [-0.1, -0.05) is 0 Å². The molecule has 0 unspecified atom stereocenters. The van der Waals surface area contributed by atoms with Gasteiger partial charge in [0.2, 0.25) is 5.95 Å². The number of aliphatic hydroxyl groups excluding tert-OH is 1. The second-order valence-electron chi connectivity index (χ2n) is 5.64. The highest BCUT2D eigenvalue weighted by atomic mass is 19.4. The van der Waals surface area contributed by atoms with E-state index in [4.69, 9.17) is 0 Å². The van der Waals surface area contributed by atoms with E-state index in [0.717, 1.165) is 31.3 Å². The summed E-state index contributed by atoms with van der Waals surface area (Å²) in [5.74, 6) is 0.664. The minimum Gasteiger partial charge on any atom is -0.393 e. The first-order chi connectivity index (χ1) is 11.9. The standard InChI is InChI=1S/C15H23F3N6O/c1-2-19-14(24-9-4-11(25)5-10-24)22-8-7-21-13-20-6-3-12(23-13)15(16,17)18/h3,6,11,25H,2,4-5,7-10H2,1H3,(H,19,22)(H,20,21,23).